The summed E-state index contributed by atoms with van der Waals surface area (Å²) >= 11 is 0. The molecule has 0 saturated carbocycles. The van der Waals surface area contributed by atoms with E-state index in [9.17, 15) is 4.79 Å². The zero-order valence-electron chi connectivity index (χ0n) is 12.1. The highest BCUT2D eigenvalue weighted by Crippen LogP contribution is 2.18. The van der Waals surface area contributed by atoms with Gasteiger partial charge in [-0.3, -0.25) is 4.68 Å². The largest absolute Gasteiger partial charge is 0.477 e. The molecule has 6 nitrogen and oxygen atoms in total. The van der Waals surface area contributed by atoms with Crippen molar-refractivity contribution in [3.05, 3.63) is 11.3 Å². The van der Waals surface area contributed by atoms with Crippen LogP contribution < -0.4 is 5.32 Å². The smallest absolute Gasteiger partial charge is 0.341 e. The van der Waals surface area contributed by atoms with Crippen molar-refractivity contribution in [3.63, 3.8) is 0 Å². The standard InChI is InChI=1S/C13H23N3O3/c1-9(2)19-8-6-5-7-14-12-11(13(17)18)10(3)15-16(12)4/h9,14H,5-8H2,1-4H3,(H,17,18). The minimum Gasteiger partial charge on any atom is -0.477 e. The van der Waals surface area contributed by atoms with E-state index in [-0.39, 0.29) is 11.7 Å². The number of aryl methyl sites for hydroxylation is 2. The van der Waals surface area contributed by atoms with Crippen molar-refractivity contribution in [2.45, 2.75) is 39.7 Å². The Balaban J connectivity index is 2.43. The van der Waals surface area contributed by atoms with Crippen LogP contribution in [-0.2, 0) is 11.8 Å². The lowest BCUT2D eigenvalue weighted by atomic mass is 10.2. The molecule has 0 unspecified atom stereocenters. The molecule has 6 heteroatoms. The van der Waals surface area contributed by atoms with Crippen LogP contribution in [0.25, 0.3) is 0 Å². The van der Waals surface area contributed by atoms with Gasteiger partial charge < -0.3 is 15.2 Å². The summed E-state index contributed by atoms with van der Waals surface area (Å²) in [6, 6.07) is 0. The fourth-order valence-electron chi connectivity index (χ4n) is 1.87. The lowest BCUT2D eigenvalue weighted by molar-refractivity contribution is 0.0696. The number of carbonyl (C=O) groups is 1. The molecule has 0 fully saturated rings. The zero-order valence-corrected chi connectivity index (χ0v) is 12.1. The van der Waals surface area contributed by atoms with Crippen molar-refractivity contribution in [2.75, 3.05) is 18.5 Å². The topological polar surface area (TPSA) is 76.4 Å². The molecule has 0 amide bonds. The molecule has 19 heavy (non-hydrogen) atoms. The van der Waals surface area contributed by atoms with Gasteiger partial charge in [0.05, 0.1) is 11.8 Å². The summed E-state index contributed by atoms with van der Waals surface area (Å²) in [5.41, 5.74) is 0.779. The lowest BCUT2D eigenvalue weighted by Gasteiger charge is -2.09. The molecule has 1 heterocycles. The van der Waals surface area contributed by atoms with Crippen LogP contribution in [-0.4, -0.2) is 40.1 Å². The number of anilines is 1. The van der Waals surface area contributed by atoms with Gasteiger partial charge in [0.2, 0.25) is 0 Å². The van der Waals surface area contributed by atoms with Gasteiger partial charge in [0.15, 0.2) is 0 Å². The molecular weight excluding hydrogens is 246 g/mol. The number of unbranched alkanes of at least 4 members (excludes halogenated alkanes) is 1. The van der Waals surface area contributed by atoms with Crippen molar-refractivity contribution in [1.82, 2.24) is 9.78 Å². The Labute approximate surface area is 113 Å². The average molecular weight is 269 g/mol. The molecule has 0 radical (unpaired) electrons. The number of nitrogens with one attached hydrogen (secondary N) is 1. The molecule has 1 aromatic rings. The molecule has 1 rings (SSSR count). The quantitative estimate of drug-likeness (QED) is 0.706. The predicted octanol–water partition coefficient (Wildman–Crippen LogP) is 2.04. The Morgan fingerprint density at radius 2 is 2.16 bits per heavy atom. The highest BCUT2D eigenvalue weighted by atomic mass is 16.5. The monoisotopic (exact) mass is 269 g/mol. The number of carboxylic acid groups (broad SMARTS) is 1. The average Bonchev–Trinajstić information content (AvgIpc) is 2.58. The van der Waals surface area contributed by atoms with E-state index >= 15 is 0 Å². The molecule has 0 aliphatic heterocycles. The summed E-state index contributed by atoms with van der Waals surface area (Å²) in [4.78, 5) is 11.2. The molecule has 0 atom stereocenters. The molecule has 0 aromatic carbocycles. The summed E-state index contributed by atoms with van der Waals surface area (Å²) in [5.74, 6) is -0.383. The van der Waals surface area contributed by atoms with Gasteiger partial charge in [0.25, 0.3) is 0 Å². The second-order valence-electron chi connectivity index (χ2n) is 4.79. The Morgan fingerprint density at radius 1 is 1.47 bits per heavy atom. The minimum atomic E-state index is -0.948. The first-order valence-corrected chi connectivity index (χ1v) is 6.55. The van der Waals surface area contributed by atoms with E-state index in [0.717, 1.165) is 19.4 Å². The summed E-state index contributed by atoms with van der Waals surface area (Å²) in [6.07, 6.45) is 2.13. The van der Waals surface area contributed by atoms with Gasteiger partial charge in [0.1, 0.15) is 11.4 Å². The number of hydrogen-bond acceptors (Lipinski definition) is 4. The van der Waals surface area contributed by atoms with Crippen LogP contribution in [0.3, 0.4) is 0 Å². The number of hydrogen-bond donors (Lipinski definition) is 2. The van der Waals surface area contributed by atoms with E-state index in [1.807, 2.05) is 13.8 Å². The Morgan fingerprint density at radius 3 is 2.74 bits per heavy atom. The van der Waals surface area contributed by atoms with Gasteiger partial charge in [-0.15, -0.1) is 0 Å². The second-order valence-corrected chi connectivity index (χ2v) is 4.79. The number of carboxylic acids is 1. The molecule has 0 saturated heterocycles. The maximum Gasteiger partial charge on any atom is 0.341 e. The number of nitrogens with zero attached hydrogens (tertiary/aromatic N) is 2. The fourth-order valence-corrected chi connectivity index (χ4v) is 1.87. The van der Waals surface area contributed by atoms with Crippen LogP contribution in [0.4, 0.5) is 5.82 Å². The van der Waals surface area contributed by atoms with Crippen LogP contribution in [0.1, 0.15) is 42.7 Å². The summed E-state index contributed by atoms with van der Waals surface area (Å²) in [6.45, 7) is 7.16. The first kappa shape index (κ1) is 15.5. The Kier molecular flexibility index (Phi) is 5.82. The van der Waals surface area contributed by atoms with Gasteiger partial charge in [0, 0.05) is 20.2 Å². The Bertz CT molecular complexity index is 427. The van der Waals surface area contributed by atoms with E-state index in [1.165, 1.54) is 0 Å². The lowest BCUT2D eigenvalue weighted by Crippen LogP contribution is -2.11. The van der Waals surface area contributed by atoms with Crippen molar-refractivity contribution >= 4 is 11.8 Å². The molecule has 2 N–H and O–H groups in total. The van der Waals surface area contributed by atoms with E-state index in [2.05, 4.69) is 10.4 Å². The first-order chi connectivity index (χ1) is 8.93. The third kappa shape index (κ3) is 4.55. The third-order valence-corrected chi connectivity index (χ3v) is 2.75. The fraction of sp³-hybridized carbons (Fsp3) is 0.692. The number of ether oxygens (including phenoxy) is 1. The molecule has 0 spiro atoms. The van der Waals surface area contributed by atoms with E-state index in [1.54, 1.807) is 18.7 Å². The molecule has 0 aliphatic carbocycles. The number of rotatable bonds is 8. The predicted molar refractivity (Wildman–Crippen MR) is 73.7 cm³/mol. The normalized spacial score (nSPS) is 11.0. The van der Waals surface area contributed by atoms with Gasteiger partial charge in [-0.1, -0.05) is 0 Å². The maximum atomic E-state index is 11.2. The van der Waals surface area contributed by atoms with E-state index < -0.39 is 5.97 Å². The van der Waals surface area contributed by atoms with Crippen molar-refractivity contribution in [3.8, 4) is 0 Å². The van der Waals surface area contributed by atoms with Crippen molar-refractivity contribution in [1.29, 1.82) is 0 Å². The minimum absolute atomic E-state index is 0.251. The second kappa shape index (κ2) is 7.13. The van der Waals surface area contributed by atoms with Gasteiger partial charge in [-0.05, 0) is 33.6 Å². The zero-order chi connectivity index (χ0) is 14.4. The van der Waals surface area contributed by atoms with Crippen LogP contribution in [0.2, 0.25) is 0 Å². The Hall–Kier alpha value is -1.56. The highest BCUT2D eigenvalue weighted by Gasteiger charge is 2.18. The van der Waals surface area contributed by atoms with Crippen LogP contribution >= 0.6 is 0 Å². The number of aromatic nitrogens is 2. The third-order valence-electron chi connectivity index (χ3n) is 2.75. The SMILES string of the molecule is Cc1nn(C)c(NCCCCOC(C)C)c1C(=O)O. The number of aromatic carboxylic acids is 1. The van der Waals surface area contributed by atoms with Crippen molar-refractivity contribution in [2.24, 2.45) is 7.05 Å². The highest BCUT2D eigenvalue weighted by molar-refractivity contribution is 5.94. The summed E-state index contributed by atoms with van der Waals surface area (Å²) in [5, 5.41) is 16.4. The molecule has 0 aliphatic rings. The first-order valence-electron chi connectivity index (χ1n) is 6.55. The van der Waals surface area contributed by atoms with E-state index in [0.29, 0.717) is 18.1 Å². The molecular formula is C13H23N3O3. The summed E-state index contributed by atoms with van der Waals surface area (Å²) in [7, 11) is 1.74. The van der Waals surface area contributed by atoms with Crippen LogP contribution in [0.15, 0.2) is 0 Å². The maximum absolute atomic E-state index is 11.2. The van der Waals surface area contributed by atoms with Crippen LogP contribution in [0.5, 0.6) is 0 Å². The molecule has 0 bridgehead atoms. The molecule has 108 valence electrons. The van der Waals surface area contributed by atoms with Gasteiger partial charge in [-0.2, -0.15) is 5.10 Å². The van der Waals surface area contributed by atoms with E-state index in [4.69, 9.17) is 9.84 Å². The van der Waals surface area contributed by atoms with Crippen molar-refractivity contribution < 1.29 is 14.6 Å². The molecule has 1 aromatic heterocycles. The summed E-state index contributed by atoms with van der Waals surface area (Å²) < 4.78 is 7.02. The van der Waals surface area contributed by atoms with Gasteiger partial charge >= 0.3 is 5.97 Å². The van der Waals surface area contributed by atoms with Crippen LogP contribution in [0, 0.1) is 6.92 Å². The van der Waals surface area contributed by atoms with Gasteiger partial charge in [-0.25, -0.2) is 4.79 Å².